The number of unbranched alkanes of at least 4 members (excludes halogenated alkanes) is 1. The molecule has 0 aliphatic heterocycles. The molecule has 5 nitrogen and oxygen atoms in total. The lowest BCUT2D eigenvalue weighted by Crippen LogP contribution is -2.38. The van der Waals surface area contributed by atoms with Crippen LogP contribution < -0.4 is 15.5 Å². The van der Waals surface area contributed by atoms with Crippen LogP contribution in [0.25, 0.3) is 0 Å². The van der Waals surface area contributed by atoms with Crippen molar-refractivity contribution in [3.05, 3.63) is 24.0 Å². The van der Waals surface area contributed by atoms with E-state index < -0.39 is 17.8 Å². The van der Waals surface area contributed by atoms with Crippen molar-refractivity contribution >= 4 is 11.6 Å². The number of rotatable bonds is 7. The molecule has 106 valence electrons. The summed E-state index contributed by atoms with van der Waals surface area (Å²) in [7, 11) is 1.37. The van der Waals surface area contributed by atoms with Gasteiger partial charge in [0.2, 0.25) is 0 Å². The van der Waals surface area contributed by atoms with Crippen molar-refractivity contribution in [1.29, 1.82) is 0 Å². The lowest BCUT2D eigenvalue weighted by Gasteiger charge is -2.18. The molecule has 1 unspecified atom stereocenters. The van der Waals surface area contributed by atoms with Crippen molar-refractivity contribution in [3.63, 3.8) is 0 Å². The van der Waals surface area contributed by atoms with Crippen molar-refractivity contribution in [2.75, 3.05) is 12.4 Å². The maximum atomic E-state index is 13.3. The summed E-state index contributed by atoms with van der Waals surface area (Å²) in [4.78, 5) is 11.5. The van der Waals surface area contributed by atoms with Gasteiger partial charge in [-0.05, 0) is 18.6 Å². The van der Waals surface area contributed by atoms with Crippen LogP contribution in [0.15, 0.2) is 18.2 Å². The van der Waals surface area contributed by atoms with Crippen molar-refractivity contribution in [3.8, 4) is 5.75 Å². The van der Waals surface area contributed by atoms with Gasteiger partial charge in [0, 0.05) is 11.8 Å². The number of anilines is 1. The highest BCUT2D eigenvalue weighted by Gasteiger charge is 2.17. The number of nitrogens with one attached hydrogen (secondary N) is 2. The van der Waals surface area contributed by atoms with E-state index in [4.69, 9.17) is 9.94 Å². The molecule has 19 heavy (non-hydrogen) atoms. The minimum Gasteiger partial charge on any atom is -0.494 e. The fourth-order valence-corrected chi connectivity index (χ4v) is 1.71. The molecule has 0 aromatic heterocycles. The summed E-state index contributed by atoms with van der Waals surface area (Å²) in [5.41, 5.74) is 2.19. The normalized spacial score (nSPS) is 11.8. The highest BCUT2D eigenvalue weighted by atomic mass is 19.1. The fraction of sp³-hybridized carbons (Fsp3) is 0.462. The molecular weight excluding hydrogens is 251 g/mol. The average Bonchev–Trinajstić information content (AvgIpc) is 2.44. The van der Waals surface area contributed by atoms with Gasteiger partial charge >= 0.3 is 0 Å². The highest BCUT2D eigenvalue weighted by molar-refractivity contribution is 5.83. The molecule has 3 N–H and O–H groups in total. The van der Waals surface area contributed by atoms with Gasteiger partial charge in [0.05, 0.1) is 7.11 Å². The molecular formula is C13H19FN2O3. The van der Waals surface area contributed by atoms with Crippen LogP contribution in [0.4, 0.5) is 10.1 Å². The van der Waals surface area contributed by atoms with Crippen LogP contribution in [0.1, 0.15) is 26.2 Å². The van der Waals surface area contributed by atoms with E-state index in [2.05, 4.69) is 5.32 Å². The number of amides is 1. The zero-order valence-corrected chi connectivity index (χ0v) is 11.1. The van der Waals surface area contributed by atoms with Crippen LogP contribution in [-0.2, 0) is 4.79 Å². The minimum atomic E-state index is -0.569. The predicted octanol–water partition coefficient (Wildman–Crippen LogP) is 2.31. The van der Waals surface area contributed by atoms with E-state index in [9.17, 15) is 9.18 Å². The molecule has 1 rings (SSSR count). The Morgan fingerprint density at radius 2 is 2.26 bits per heavy atom. The molecule has 1 amide bonds. The first-order valence-electron chi connectivity index (χ1n) is 6.16. The number of benzene rings is 1. The summed E-state index contributed by atoms with van der Waals surface area (Å²) in [6.45, 7) is 2.01. The highest BCUT2D eigenvalue weighted by Crippen LogP contribution is 2.22. The van der Waals surface area contributed by atoms with Gasteiger partial charge in [-0.1, -0.05) is 19.8 Å². The Hall–Kier alpha value is -1.82. The van der Waals surface area contributed by atoms with Gasteiger partial charge in [-0.2, -0.15) is 0 Å². The summed E-state index contributed by atoms with van der Waals surface area (Å²) < 4.78 is 18.1. The van der Waals surface area contributed by atoms with Gasteiger partial charge in [-0.25, -0.2) is 9.87 Å². The first-order chi connectivity index (χ1) is 9.12. The maximum Gasteiger partial charge on any atom is 0.265 e. The third kappa shape index (κ3) is 4.40. The number of hydroxylamine groups is 1. The molecule has 0 bridgehead atoms. The van der Waals surface area contributed by atoms with E-state index in [1.165, 1.54) is 25.3 Å². The van der Waals surface area contributed by atoms with Crippen molar-refractivity contribution < 1.29 is 19.1 Å². The van der Waals surface area contributed by atoms with E-state index in [1.807, 2.05) is 6.92 Å². The maximum absolute atomic E-state index is 13.3. The number of carbonyl (C=O) groups is 1. The molecule has 6 heteroatoms. The Morgan fingerprint density at radius 3 is 2.84 bits per heavy atom. The first-order valence-corrected chi connectivity index (χ1v) is 6.16. The van der Waals surface area contributed by atoms with E-state index in [-0.39, 0.29) is 5.75 Å². The summed E-state index contributed by atoms with van der Waals surface area (Å²) in [6.07, 6.45) is 2.34. The van der Waals surface area contributed by atoms with Crippen molar-refractivity contribution in [2.45, 2.75) is 32.2 Å². The van der Waals surface area contributed by atoms with Crippen molar-refractivity contribution in [1.82, 2.24) is 5.48 Å². The molecule has 0 spiro atoms. The standard InChI is InChI=1S/C13H19FN2O3/c1-3-4-5-11(13(17)16-18)15-9-6-7-10(14)12(8-9)19-2/h6-8,11,15,18H,3-5H2,1-2H3,(H,16,17). The SMILES string of the molecule is CCCCC(Nc1ccc(F)c(OC)c1)C(=O)NO. The zero-order valence-electron chi connectivity index (χ0n) is 11.1. The Labute approximate surface area is 111 Å². The molecule has 0 aliphatic rings. The van der Waals surface area contributed by atoms with Gasteiger partial charge in [-0.3, -0.25) is 10.0 Å². The van der Waals surface area contributed by atoms with Crippen LogP contribution in [0.5, 0.6) is 5.75 Å². The molecule has 0 aliphatic carbocycles. The zero-order chi connectivity index (χ0) is 14.3. The molecule has 1 atom stereocenters. The van der Waals surface area contributed by atoms with E-state index in [0.717, 1.165) is 12.8 Å². The van der Waals surface area contributed by atoms with E-state index >= 15 is 0 Å². The van der Waals surface area contributed by atoms with Crippen LogP contribution >= 0.6 is 0 Å². The Kier molecular flexibility index (Phi) is 6.08. The predicted molar refractivity (Wildman–Crippen MR) is 69.8 cm³/mol. The quantitative estimate of drug-likeness (QED) is 0.525. The number of carbonyl (C=O) groups excluding carboxylic acids is 1. The topological polar surface area (TPSA) is 70.6 Å². The molecule has 0 saturated heterocycles. The third-order valence-electron chi connectivity index (χ3n) is 2.77. The molecule has 0 fully saturated rings. The Balaban J connectivity index is 2.80. The van der Waals surface area contributed by atoms with Crippen LogP contribution in [-0.4, -0.2) is 24.3 Å². The second kappa shape index (κ2) is 7.58. The molecule has 1 aromatic carbocycles. The van der Waals surface area contributed by atoms with Crippen molar-refractivity contribution in [2.24, 2.45) is 0 Å². The Morgan fingerprint density at radius 1 is 1.53 bits per heavy atom. The number of methoxy groups -OCH3 is 1. The minimum absolute atomic E-state index is 0.101. The molecule has 0 saturated carbocycles. The summed E-state index contributed by atoms with van der Waals surface area (Å²) >= 11 is 0. The fourth-order valence-electron chi connectivity index (χ4n) is 1.71. The van der Waals surface area contributed by atoms with Gasteiger partial charge in [0.1, 0.15) is 6.04 Å². The second-order valence-corrected chi connectivity index (χ2v) is 4.16. The summed E-state index contributed by atoms with van der Waals surface area (Å²) in [5, 5.41) is 11.7. The molecule has 0 radical (unpaired) electrons. The largest absolute Gasteiger partial charge is 0.494 e. The van der Waals surface area contributed by atoms with E-state index in [0.29, 0.717) is 12.1 Å². The van der Waals surface area contributed by atoms with Gasteiger partial charge in [0.25, 0.3) is 5.91 Å². The van der Waals surface area contributed by atoms with Gasteiger partial charge in [-0.15, -0.1) is 0 Å². The molecule has 0 heterocycles. The lowest BCUT2D eigenvalue weighted by molar-refractivity contribution is -0.130. The Bertz CT molecular complexity index is 426. The average molecular weight is 270 g/mol. The summed E-state index contributed by atoms with van der Waals surface area (Å²) in [6, 6.07) is 3.68. The smallest absolute Gasteiger partial charge is 0.265 e. The van der Waals surface area contributed by atoms with Crippen LogP contribution in [0.2, 0.25) is 0 Å². The summed E-state index contributed by atoms with van der Waals surface area (Å²) in [5.74, 6) is -0.884. The van der Waals surface area contributed by atoms with E-state index in [1.54, 1.807) is 5.48 Å². The van der Waals surface area contributed by atoms with Gasteiger partial charge in [0.15, 0.2) is 11.6 Å². The monoisotopic (exact) mass is 270 g/mol. The number of hydrogen-bond donors (Lipinski definition) is 3. The lowest BCUT2D eigenvalue weighted by atomic mass is 10.1. The molecule has 1 aromatic rings. The number of ether oxygens (including phenoxy) is 1. The number of hydrogen-bond acceptors (Lipinski definition) is 4. The first kappa shape index (κ1) is 15.2. The third-order valence-corrected chi connectivity index (χ3v) is 2.77. The number of halogens is 1. The second-order valence-electron chi connectivity index (χ2n) is 4.16. The van der Waals surface area contributed by atoms with Gasteiger partial charge < -0.3 is 10.1 Å². The van der Waals surface area contributed by atoms with Crippen LogP contribution in [0, 0.1) is 5.82 Å². The van der Waals surface area contributed by atoms with Crippen LogP contribution in [0.3, 0.4) is 0 Å².